The van der Waals surface area contributed by atoms with Crippen molar-refractivity contribution in [2.24, 2.45) is 0 Å². The molecule has 5 nitrogen and oxygen atoms in total. The summed E-state index contributed by atoms with van der Waals surface area (Å²) in [5.41, 5.74) is -0.234. The van der Waals surface area contributed by atoms with Crippen LogP contribution in [0.25, 0.3) is 0 Å². The lowest BCUT2D eigenvalue weighted by atomic mass is 11.4. The first-order valence-electron chi connectivity index (χ1n) is 2.71. The maximum absolute atomic E-state index is 10.9. The number of tetrazole rings is 1. The quantitative estimate of drug-likeness (QED) is 0.601. The molecule has 0 radical (unpaired) electrons. The Labute approximate surface area is 59.9 Å². The number of rotatable bonds is 1. The van der Waals surface area contributed by atoms with Crippen LogP contribution >= 0.6 is 10.2 Å². The van der Waals surface area contributed by atoms with Crippen LogP contribution in [-0.4, -0.2) is 38.4 Å². The molecular formula is C4H10N4OS. The Morgan fingerprint density at radius 3 is 2.30 bits per heavy atom. The number of hydrogen-bond acceptors (Lipinski definition) is 3. The molecule has 0 spiro atoms. The third-order valence-electron chi connectivity index (χ3n) is 0.964. The van der Waals surface area contributed by atoms with Crippen LogP contribution in [0.1, 0.15) is 0 Å². The molecule has 0 amide bonds. The first-order chi connectivity index (χ1) is 4.52. The number of aromatic nitrogens is 4. The van der Waals surface area contributed by atoms with Crippen LogP contribution in [0.2, 0.25) is 0 Å². The second kappa shape index (κ2) is 2.12. The predicted molar refractivity (Wildman–Crippen MR) is 41.4 cm³/mol. The molecule has 10 heavy (non-hydrogen) atoms. The number of nitrogens with zero attached hydrogens (tertiary/aromatic N) is 3. The Balaban J connectivity index is 3.18. The van der Waals surface area contributed by atoms with Crippen molar-refractivity contribution < 1.29 is 0 Å². The average Bonchev–Trinajstić information content (AvgIpc) is 2.11. The zero-order valence-corrected chi connectivity index (χ0v) is 6.97. The molecule has 0 aliphatic rings. The summed E-state index contributed by atoms with van der Waals surface area (Å²) in [7, 11) is -1.09. The number of H-pyrrole nitrogens is 1. The molecule has 0 saturated carbocycles. The highest BCUT2D eigenvalue weighted by Crippen LogP contribution is 2.32. The molecule has 0 aliphatic carbocycles. The zero-order valence-electron chi connectivity index (χ0n) is 6.16. The minimum absolute atomic E-state index is 0.234. The van der Waals surface area contributed by atoms with Gasteiger partial charge in [-0.25, -0.2) is 9.89 Å². The van der Waals surface area contributed by atoms with Gasteiger partial charge in [-0.2, -0.15) is 4.09 Å². The Hall–Kier alpha value is -0.780. The van der Waals surface area contributed by atoms with Crippen molar-refractivity contribution in [3.05, 3.63) is 10.5 Å². The molecule has 1 N–H and O–H groups in total. The first-order valence-corrected chi connectivity index (χ1v) is 5.52. The topological polar surface area (TPSA) is 63.6 Å². The molecule has 1 heterocycles. The summed E-state index contributed by atoms with van der Waals surface area (Å²) in [5, 5.41) is 9.25. The summed E-state index contributed by atoms with van der Waals surface area (Å²) in [6.07, 6.45) is 5.91. The van der Waals surface area contributed by atoms with Crippen molar-refractivity contribution in [2.45, 2.75) is 0 Å². The van der Waals surface area contributed by atoms with Crippen molar-refractivity contribution in [3.8, 4) is 0 Å². The van der Waals surface area contributed by atoms with Crippen LogP contribution in [0.5, 0.6) is 0 Å². The van der Waals surface area contributed by atoms with Gasteiger partial charge in [-0.15, -0.1) is 10.2 Å². The molecule has 0 unspecified atom stereocenters. The summed E-state index contributed by atoms with van der Waals surface area (Å²) in [5.74, 6) is 0. The molecule has 0 atom stereocenters. The number of aromatic amines is 1. The van der Waals surface area contributed by atoms with Gasteiger partial charge in [-0.1, -0.05) is 0 Å². The van der Waals surface area contributed by atoms with Crippen molar-refractivity contribution in [2.75, 3.05) is 18.8 Å². The normalized spacial score (nSPS) is 13.5. The Morgan fingerprint density at radius 1 is 1.50 bits per heavy atom. The molecule has 0 saturated heterocycles. The van der Waals surface area contributed by atoms with E-state index in [4.69, 9.17) is 0 Å². The second-order valence-electron chi connectivity index (χ2n) is 2.65. The van der Waals surface area contributed by atoms with Gasteiger partial charge < -0.3 is 0 Å². The van der Waals surface area contributed by atoms with E-state index in [1.165, 1.54) is 4.09 Å². The lowest BCUT2D eigenvalue weighted by Gasteiger charge is -2.22. The van der Waals surface area contributed by atoms with Crippen molar-refractivity contribution in [1.82, 2.24) is 19.6 Å². The van der Waals surface area contributed by atoms with Gasteiger partial charge >= 0.3 is 5.69 Å². The van der Waals surface area contributed by atoms with Gasteiger partial charge in [0.15, 0.2) is 0 Å². The minimum atomic E-state index is -1.09. The summed E-state index contributed by atoms with van der Waals surface area (Å²) in [6, 6.07) is 0. The van der Waals surface area contributed by atoms with E-state index in [1.54, 1.807) is 0 Å². The Morgan fingerprint density at radius 2 is 2.10 bits per heavy atom. The highest BCUT2D eigenvalue weighted by Gasteiger charge is 2.10. The summed E-state index contributed by atoms with van der Waals surface area (Å²) >= 11 is 0. The standard InChI is InChI=1S/C4H10N4OS/c1-10(2,3)8-4(9)5-6-7-8/h1-3H3,(H,5,7,9). The lowest BCUT2D eigenvalue weighted by molar-refractivity contribution is 0.845. The van der Waals surface area contributed by atoms with E-state index in [-0.39, 0.29) is 5.69 Å². The predicted octanol–water partition coefficient (Wildman–Crippen LogP) is -0.577. The van der Waals surface area contributed by atoms with Gasteiger partial charge in [-0.3, -0.25) is 0 Å². The van der Waals surface area contributed by atoms with Gasteiger partial charge in [0.05, 0.1) is 0 Å². The molecule has 1 aromatic rings. The fourth-order valence-electron chi connectivity index (χ4n) is 0.547. The summed E-state index contributed by atoms with van der Waals surface area (Å²) in [4.78, 5) is 10.9. The highest BCUT2D eigenvalue weighted by atomic mass is 32.3. The lowest BCUT2D eigenvalue weighted by Crippen LogP contribution is -2.21. The molecular weight excluding hydrogens is 152 g/mol. The fourth-order valence-corrected chi connectivity index (χ4v) is 1.34. The molecule has 0 aromatic carbocycles. The summed E-state index contributed by atoms with van der Waals surface area (Å²) < 4.78 is 1.38. The van der Waals surface area contributed by atoms with Crippen LogP contribution < -0.4 is 5.69 Å². The second-order valence-corrected chi connectivity index (χ2v) is 6.54. The van der Waals surface area contributed by atoms with E-state index in [1.807, 2.05) is 18.8 Å². The molecule has 58 valence electrons. The molecule has 1 rings (SSSR count). The van der Waals surface area contributed by atoms with Crippen molar-refractivity contribution >= 4 is 10.2 Å². The fraction of sp³-hybridized carbons (Fsp3) is 0.750. The molecule has 0 aliphatic heterocycles. The third-order valence-corrected chi connectivity index (χ3v) is 2.24. The van der Waals surface area contributed by atoms with Crippen LogP contribution in [0.15, 0.2) is 4.79 Å². The van der Waals surface area contributed by atoms with Crippen LogP contribution in [-0.2, 0) is 0 Å². The number of hydrogen-bond donors (Lipinski definition) is 1. The van der Waals surface area contributed by atoms with Gasteiger partial charge in [0.1, 0.15) is 0 Å². The third kappa shape index (κ3) is 1.21. The van der Waals surface area contributed by atoms with E-state index in [0.717, 1.165) is 0 Å². The number of nitrogens with one attached hydrogen (secondary N) is 1. The Bertz CT molecular complexity index is 269. The van der Waals surface area contributed by atoms with Gasteiger partial charge in [0.25, 0.3) is 0 Å². The Kier molecular flexibility index (Phi) is 1.55. The average molecular weight is 162 g/mol. The minimum Gasteiger partial charge on any atom is -0.244 e. The molecule has 1 aromatic heterocycles. The monoisotopic (exact) mass is 162 g/mol. The SMILES string of the molecule is CS(C)(C)n1nn[nH]c1=O. The van der Waals surface area contributed by atoms with Gasteiger partial charge in [0, 0.05) is 0 Å². The van der Waals surface area contributed by atoms with Gasteiger partial charge in [0.2, 0.25) is 0 Å². The van der Waals surface area contributed by atoms with E-state index < -0.39 is 10.2 Å². The van der Waals surface area contributed by atoms with Crippen LogP contribution in [0, 0.1) is 0 Å². The summed E-state index contributed by atoms with van der Waals surface area (Å²) in [6.45, 7) is 0. The zero-order chi connectivity index (χ0) is 7.78. The van der Waals surface area contributed by atoms with E-state index in [9.17, 15) is 4.79 Å². The van der Waals surface area contributed by atoms with Gasteiger partial charge in [-0.05, 0) is 29.2 Å². The largest absolute Gasteiger partial charge is 0.370 e. The van der Waals surface area contributed by atoms with Crippen LogP contribution in [0.4, 0.5) is 0 Å². The van der Waals surface area contributed by atoms with Crippen molar-refractivity contribution in [3.63, 3.8) is 0 Å². The van der Waals surface area contributed by atoms with Crippen LogP contribution in [0.3, 0.4) is 0 Å². The molecule has 0 fully saturated rings. The maximum atomic E-state index is 10.9. The highest BCUT2D eigenvalue weighted by molar-refractivity contribution is 8.30. The van der Waals surface area contributed by atoms with E-state index in [0.29, 0.717) is 0 Å². The maximum Gasteiger partial charge on any atom is 0.370 e. The molecule has 6 heteroatoms. The first kappa shape index (κ1) is 7.33. The smallest absolute Gasteiger partial charge is 0.244 e. The van der Waals surface area contributed by atoms with Crippen molar-refractivity contribution in [1.29, 1.82) is 0 Å². The molecule has 0 bridgehead atoms. The van der Waals surface area contributed by atoms with E-state index in [2.05, 4.69) is 15.5 Å². The van der Waals surface area contributed by atoms with E-state index >= 15 is 0 Å².